The third kappa shape index (κ3) is 4.11. The van der Waals surface area contributed by atoms with Crippen LogP contribution in [0.25, 0.3) is 0 Å². The molecule has 3 rings (SSSR count). The molecular formula is C20H20O8. The largest absolute Gasteiger partial charge is 0.479 e. The SMILES string of the molecule is O=C(c1ccccc1)C(OC1OC(C(=O)O)C(O)C(O)C1O)c1ccccc1. The second kappa shape index (κ2) is 8.59. The Bertz CT molecular complexity index is 809. The molecule has 0 saturated carbocycles. The number of aliphatic carboxylic acids is 1. The average Bonchev–Trinajstić information content (AvgIpc) is 2.72. The van der Waals surface area contributed by atoms with Crippen molar-refractivity contribution in [1.82, 2.24) is 0 Å². The minimum absolute atomic E-state index is 0.344. The number of aliphatic hydroxyl groups excluding tert-OH is 3. The van der Waals surface area contributed by atoms with Gasteiger partial charge in [0.2, 0.25) is 0 Å². The second-order valence-corrected chi connectivity index (χ2v) is 6.39. The van der Waals surface area contributed by atoms with E-state index >= 15 is 0 Å². The molecule has 8 heteroatoms. The molecule has 2 aromatic carbocycles. The number of aliphatic hydroxyl groups is 3. The molecular weight excluding hydrogens is 368 g/mol. The van der Waals surface area contributed by atoms with Crippen LogP contribution < -0.4 is 0 Å². The van der Waals surface area contributed by atoms with Gasteiger partial charge in [0.15, 0.2) is 18.2 Å². The minimum atomic E-state index is -1.84. The molecule has 1 aliphatic heterocycles. The van der Waals surface area contributed by atoms with E-state index in [2.05, 4.69) is 0 Å². The van der Waals surface area contributed by atoms with Crippen molar-refractivity contribution in [3.63, 3.8) is 0 Å². The fourth-order valence-corrected chi connectivity index (χ4v) is 2.97. The first-order valence-electron chi connectivity index (χ1n) is 8.62. The zero-order chi connectivity index (χ0) is 20.3. The van der Waals surface area contributed by atoms with Crippen molar-refractivity contribution in [3.05, 3.63) is 71.8 Å². The van der Waals surface area contributed by atoms with Gasteiger partial charge in [-0.2, -0.15) is 0 Å². The topological polar surface area (TPSA) is 134 Å². The van der Waals surface area contributed by atoms with Gasteiger partial charge in [-0.1, -0.05) is 60.7 Å². The predicted octanol–water partition coefficient (Wildman–Crippen LogP) is 0.519. The summed E-state index contributed by atoms with van der Waals surface area (Å²) < 4.78 is 10.8. The fourth-order valence-electron chi connectivity index (χ4n) is 2.97. The molecule has 1 fully saturated rings. The van der Waals surface area contributed by atoms with E-state index in [0.717, 1.165) is 0 Å². The maximum Gasteiger partial charge on any atom is 0.335 e. The van der Waals surface area contributed by atoms with E-state index in [4.69, 9.17) is 14.6 Å². The van der Waals surface area contributed by atoms with Crippen LogP contribution in [0.1, 0.15) is 22.0 Å². The highest BCUT2D eigenvalue weighted by atomic mass is 16.7. The number of ketones is 1. The summed E-state index contributed by atoms with van der Waals surface area (Å²) in [6.07, 6.45) is -10.1. The normalized spacial score (nSPS) is 28.5. The zero-order valence-corrected chi connectivity index (χ0v) is 14.7. The van der Waals surface area contributed by atoms with Crippen molar-refractivity contribution in [1.29, 1.82) is 0 Å². The molecule has 0 aromatic heterocycles. The highest BCUT2D eigenvalue weighted by Gasteiger charge is 2.48. The predicted molar refractivity (Wildman–Crippen MR) is 95.4 cm³/mol. The van der Waals surface area contributed by atoms with Gasteiger partial charge in [0, 0.05) is 5.56 Å². The summed E-state index contributed by atoms with van der Waals surface area (Å²) in [5, 5.41) is 39.1. The maximum atomic E-state index is 13.0. The highest BCUT2D eigenvalue weighted by Crippen LogP contribution is 2.30. The molecule has 4 N–H and O–H groups in total. The van der Waals surface area contributed by atoms with Gasteiger partial charge < -0.3 is 29.9 Å². The van der Waals surface area contributed by atoms with E-state index in [0.29, 0.717) is 11.1 Å². The summed E-state index contributed by atoms with van der Waals surface area (Å²) in [4.78, 5) is 24.3. The Morgan fingerprint density at radius 1 is 0.857 bits per heavy atom. The quantitative estimate of drug-likeness (QED) is 0.527. The number of hydrogen-bond donors (Lipinski definition) is 4. The van der Waals surface area contributed by atoms with Crippen LogP contribution in [0, 0.1) is 0 Å². The summed E-state index contributed by atoms with van der Waals surface area (Å²) in [6.45, 7) is 0. The van der Waals surface area contributed by atoms with Crippen molar-refractivity contribution < 1.29 is 39.5 Å². The molecule has 1 aliphatic rings. The molecule has 0 radical (unpaired) electrons. The number of Topliss-reactive ketones (excluding diaryl/α,β-unsaturated/α-hetero) is 1. The number of carboxylic acids is 1. The molecule has 148 valence electrons. The standard InChI is InChI=1S/C20H20O8/c21-13(11-7-3-1-4-8-11)17(12-9-5-2-6-10-12)27-20-16(24)14(22)15(23)18(28-20)19(25)26/h1-10,14-18,20,22-24H,(H,25,26). The summed E-state index contributed by atoms with van der Waals surface area (Å²) in [5.74, 6) is -1.97. The van der Waals surface area contributed by atoms with E-state index in [1.807, 2.05) is 0 Å². The second-order valence-electron chi connectivity index (χ2n) is 6.39. The van der Waals surface area contributed by atoms with Crippen LogP contribution in [-0.2, 0) is 14.3 Å². The minimum Gasteiger partial charge on any atom is -0.479 e. The van der Waals surface area contributed by atoms with E-state index < -0.39 is 48.6 Å². The van der Waals surface area contributed by atoms with Crippen molar-refractivity contribution in [2.45, 2.75) is 36.8 Å². The Balaban J connectivity index is 1.91. The van der Waals surface area contributed by atoms with Crippen LogP contribution in [0.5, 0.6) is 0 Å². The van der Waals surface area contributed by atoms with Crippen molar-refractivity contribution in [3.8, 4) is 0 Å². The Morgan fingerprint density at radius 2 is 1.43 bits per heavy atom. The smallest absolute Gasteiger partial charge is 0.335 e. The lowest BCUT2D eigenvalue weighted by Gasteiger charge is -2.39. The first-order chi connectivity index (χ1) is 13.4. The molecule has 0 amide bonds. The van der Waals surface area contributed by atoms with Crippen molar-refractivity contribution in [2.24, 2.45) is 0 Å². The lowest BCUT2D eigenvalue weighted by atomic mass is 9.97. The van der Waals surface area contributed by atoms with Gasteiger partial charge in [-0.25, -0.2) is 4.79 Å². The summed E-state index contributed by atoms with van der Waals surface area (Å²) >= 11 is 0. The molecule has 0 spiro atoms. The number of ether oxygens (including phenoxy) is 2. The molecule has 0 aliphatic carbocycles. The van der Waals surface area contributed by atoms with Crippen LogP contribution >= 0.6 is 0 Å². The number of hydrogen-bond acceptors (Lipinski definition) is 7. The summed E-state index contributed by atoms with van der Waals surface area (Å²) in [5.41, 5.74) is 0.802. The summed E-state index contributed by atoms with van der Waals surface area (Å²) in [7, 11) is 0. The van der Waals surface area contributed by atoms with Gasteiger partial charge >= 0.3 is 5.97 Å². The van der Waals surface area contributed by atoms with Crippen molar-refractivity contribution in [2.75, 3.05) is 0 Å². The Labute approximate surface area is 160 Å². The van der Waals surface area contributed by atoms with E-state index in [9.17, 15) is 24.9 Å². The Kier molecular flexibility index (Phi) is 6.18. The van der Waals surface area contributed by atoms with Gasteiger partial charge in [0.05, 0.1) is 0 Å². The number of carbonyl (C=O) groups excluding carboxylic acids is 1. The number of rotatable bonds is 6. The monoisotopic (exact) mass is 388 g/mol. The molecule has 8 nitrogen and oxygen atoms in total. The Morgan fingerprint density at radius 3 is 2.00 bits per heavy atom. The Hall–Kier alpha value is -2.62. The van der Waals surface area contributed by atoms with Crippen molar-refractivity contribution >= 4 is 11.8 Å². The van der Waals surface area contributed by atoms with E-state index in [1.54, 1.807) is 60.7 Å². The lowest BCUT2D eigenvalue weighted by molar-refractivity contribution is -0.300. The molecule has 28 heavy (non-hydrogen) atoms. The number of benzene rings is 2. The molecule has 1 heterocycles. The summed E-state index contributed by atoms with van der Waals surface area (Å²) in [6, 6.07) is 16.7. The van der Waals surface area contributed by atoms with E-state index in [1.165, 1.54) is 0 Å². The third-order valence-corrected chi connectivity index (χ3v) is 4.48. The molecule has 6 atom stereocenters. The average molecular weight is 388 g/mol. The third-order valence-electron chi connectivity index (χ3n) is 4.48. The number of carbonyl (C=O) groups is 2. The fraction of sp³-hybridized carbons (Fsp3) is 0.300. The molecule has 6 unspecified atom stereocenters. The van der Waals surface area contributed by atoms with Gasteiger partial charge in [-0.15, -0.1) is 0 Å². The van der Waals surface area contributed by atoms with Crippen LogP contribution in [0.15, 0.2) is 60.7 Å². The molecule has 2 aromatic rings. The van der Waals surface area contributed by atoms with Gasteiger partial charge in [-0.05, 0) is 5.56 Å². The highest BCUT2D eigenvalue weighted by molar-refractivity contribution is 6.00. The van der Waals surface area contributed by atoms with E-state index in [-0.39, 0.29) is 0 Å². The van der Waals surface area contributed by atoms with Crippen LogP contribution in [0.3, 0.4) is 0 Å². The maximum absolute atomic E-state index is 13.0. The van der Waals surface area contributed by atoms with Crippen LogP contribution in [-0.4, -0.2) is 62.9 Å². The zero-order valence-electron chi connectivity index (χ0n) is 14.7. The first kappa shape index (κ1) is 20.1. The lowest BCUT2D eigenvalue weighted by Crippen LogP contribution is -2.60. The van der Waals surface area contributed by atoms with Gasteiger partial charge in [0.25, 0.3) is 0 Å². The van der Waals surface area contributed by atoms with Gasteiger partial charge in [-0.3, -0.25) is 4.79 Å². The molecule has 0 bridgehead atoms. The van der Waals surface area contributed by atoms with Gasteiger partial charge in [0.1, 0.15) is 24.4 Å². The van der Waals surface area contributed by atoms with Crippen LogP contribution in [0.2, 0.25) is 0 Å². The first-order valence-corrected chi connectivity index (χ1v) is 8.62. The number of carboxylic acid groups (broad SMARTS) is 1. The van der Waals surface area contributed by atoms with Crippen LogP contribution in [0.4, 0.5) is 0 Å². The molecule has 1 saturated heterocycles.